The molecule has 0 fully saturated rings. The Labute approximate surface area is 228 Å². The summed E-state index contributed by atoms with van der Waals surface area (Å²) in [4.78, 5) is 27.0. The lowest BCUT2D eigenvalue weighted by molar-refractivity contribution is -0.135. The van der Waals surface area contributed by atoms with Crippen LogP contribution in [0.1, 0.15) is 30.0 Å². The summed E-state index contributed by atoms with van der Waals surface area (Å²) in [6, 6.07) is 17.1. The summed E-state index contributed by atoms with van der Waals surface area (Å²) in [5, 5.41) is 3.13. The van der Waals surface area contributed by atoms with Crippen molar-refractivity contribution >= 4 is 39.1 Å². The zero-order valence-electron chi connectivity index (χ0n) is 21.6. The molecule has 0 saturated carbocycles. The van der Waals surface area contributed by atoms with Gasteiger partial charge in [-0.2, -0.15) is 0 Å². The average Bonchev–Trinajstić information content (AvgIpc) is 2.86. The van der Waals surface area contributed by atoms with Crippen LogP contribution >= 0.6 is 11.6 Å². The van der Waals surface area contributed by atoms with Crippen molar-refractivity contribution in [3.05, 3.63) is 94.3 Å². The Morgan fingerprint density at radius 3 is 2.13 bits per heavy atom. The minimum atomic E-state index is -4.00. The van der Waals surface area contributed by atoms with Gasteiger partial charge < -0.3 is 10.2 Å². The summed E-state index contributed by atoms with van der Waals surface area (Å²) >= 11 is 5.95. The van der Waals surface area contributed by atoms with Gasteiger partial charge in [0, 0.05) is 31.1 Å². The number of aryl methyl sites for hydroxylation is 2. The van der Waals surface area contributed by atoms with Gasteiger partial charge in [0.25, 0.3) is 10.0 Å². The molecule has 0 aliphatic heterocycles. The number of hydrogen-bond donors (Lipinski definition) is 1. The van der Waals surface area contributed by atoms with Crippen LogP contribution in [0.15, 0.2) is 71.6 Å². The standard InChI is InChI=1S/C28H31ClFN3O4S/c1-4-32(19-27(34)31-18-22-5-9-24(30)10-6-22)28(35)13-14-33(25-16-20(2)15-21(3)17-25)38(36,37)26-11-7-23(29)8-12-26/h5-12,15-17H,4,13-14,18-19H2,1-3H3,(H,31,34). The van der Waals surface area contributed by atoms with Crippen molar-refractivity contribution in [1.29, 1.82) is 0 Å². The Balaban J connectivity index is 1.73. The van der Waals surface area contributed by atoms with E-state index in [1.165, 1.54) is 45.6 Å². The highest BCUT2D eigenvalue weighted by Crippen LogP contribution is 2.27. The number of carbonyl (C=O) groups excluding carboxylic acids is 2. The normalized spacial score (nSPS) is 11.2. The zero-order valence-corrected chi connectivity index (χ0v) is 23.2. The van der Waals surface area contributed by atoms with E-state index in [0.29, 0.717) is 10.7 Å². The molecular weight excluding hydrogens is 529 g/mol. The maximum atomic E-state index is 13.6. The Bertz CT molecular complexity index is 1360. The van der Waals surface area contributed by atoms with Crippen molar-refractivity contribution in [1.82, 2.24) is 10.2 Å². The summed E-state index contributed by atoms with van der Waals surface area (Å²) in [5.74, 6) is -1.09. The smallest absolute Gasteiger partial charge is 0.264 e. The molecule has 3 rings (SSSR count). The molecule has 0 aliphatic carbocycles. The molecule has 7 nitrogen and oxygen atoms in total. The molecule has 0 atom stereocenters. The molecule has 0 saturated heterocycles. The molecule has 0 spiro atoms. The molecule has 2 amide bonds. The van der Waals surface area contributed by atoms with E-state index in [1.807, 2.05) is 19.9 Å². The summed E-state index contributed by atoms with van der Waals surface area (Å²) in [7, 11) is -4.00. The highest BCUT2D eigenvalue weighted by molar-refractivity contribution is 7.92. The highest BCUT2D eigenvalue weighted by Gasteiger charge is 2.27. The number of sulfonamides is 1. The van der Waals surface area contributed by atoms with Crippen LogP contribution in [0.5, 0.6) is 0 Å². The van der Waals surface area contributed by atoms with Gasteiger partial charge in [-0.1, -0.05) is 29.8 Å². The summed E-state index contributed by atoms with van der Waals surface area (Å²) in [5.41, 5.74) is 2.95. The molecule has 0 radical (unpaired) electrons. The van der Waals surface area contributed by atoms with Crippen molar-refractivity contribution < 1.29 is 22.4 Å². The van der Waals surface area contributed by atoms with Crippen molar-refractivity contribution in [3.63, 3.8) is 0 Å². The van der Waals surface area contributed by atoms with E-state index in [0.717, 1.165) is 16.7 Å². The lowest BCUT2D eigenvalue weighted by Gasteiger charge is -2.27. The fraction of sp³-hybridized carbons (Fsp3) is 0.286. The largest absolute Gasteiger partial charge is 0.350 e. The van der Waals surface area contributed by atoms with Crippen LogP contribution in [-0.4, -0.2) is 44.8 Å². The zero-order chi connectivity index (χ0) is 27.9. The number of anilines is 1. The number of likely N-dealkylation sites (N-methyl/N-ethyl adjacent to an activating group) is 1. The van der Waals surface area contributed by atoms with Gasteiger partial charge in [-0.25, -0.2) is 12.8 Å². The number of halogens is 2. The Hall–Kier alpha value is -3.43. The van der Waals surface area contributed by atoms with Gasteiger partial charge in [0.05, 0.1) is 17.1 Å². The second kappa shape index (κ2) is 12.9. The highest BCUT2D eigenvalue weighted by atomic mass is 35.5. The fourth-order valence-electron chi connectivity index (χ4n) is 3.98. The number of hydrogen-bond acceptors (Lipinski definition) is 4. The van der Waals surface area contributed by atoms with Gasteiger partial charge in [-0.15, -0.1) is 0 Å². The van der Waals surface area contributed by atoms with Crippen LogP contribution in [-0.2, 0) is 26.2 Å². The summed E-state index contributed by atoms with van der Waals surface area (Å²) < 4.78 is 41.5. The molecule has 202 valence electrons. The molecule has 0 unspecified atom stereocenters. The van der Waals surface area contributed by atoms with E-state index in [1.54, 1.807) is 31.2 Å². The lowest BCUT2D eigenvalue weighted by Crippen LogP contribution is -2.42. The molecule has 0 aliphatic rings. The minimum absolute atomic E-state index is 0.0565. The number of benzene rings is 3. The lowest BCUT2D eigenvalue weighted by atomic mass is 10.1. The first-order valence-corrected chi connectivity index (χ1v) is 14.0. The molecule has 0 bridgehead atoms. The van der Waals surface area contributed by atoms with E-state index in [2.05, 4.69) is 5.32 Å². The summed E-state index contributed by atoms with van der Waals surface area (Å²) in [6.07, 6.45) is -0.126. The van der Waals surface area contributed by atoms with Crippen LogP contribution in [0, 0.1) is 19.7 Å². The van der Waals surface area contributed by atoms with Gasteiger partial charge in [0.15, 0.2) is 0 Å². The van der Waals surface area contributed by atoms with Crippen molar-refractivity contribution in [2.75, 3.05) is 23.9 Å². The number of nitrogens with one attached hydrogen (secondary N) is 1. The average molecular weight is 560 g/mol. The third-order valence-corrected chi connectivity index (χ3v) is 7.99. The predicted octanol–water partition coefficient (Wildman–Crippen LogP) is 4.85. The number of rotatable bonds is 11. The van der Waals surface area contributed by atoms with E-state index in [9.17, 15) is 22.4 Å². The molecule has 3 aromatic rings. The van der Waals surface area contributed by atoms with Gasteiger partial charge in [0.2, 0.25) is 11.8 Å². The molecule has 10 heteroatoms. The quantitative estimate of drug-likeness (QED) is 0.364. The Kier molecular flexibility index (Phi) is 9.88. The van der Waals surface area contributed by atoms with Crippen molar-refractivity contribution in [2.24, 2.45) is 0 Å². The van der Waals surface area contributed by atoms with Crippen LogP contribution in [0.2, 0.25) is 5.02 Å². The van der Waals surface area contributed by atoms with Crippen molar-refractivity contribution in [3.8, 4) is 0 Å². The van der Waals surface area contributed by atoms with Crippen LogP contribution in [0.4, 0.5) is 10.1 Å². The summed E-state index contributed by atoms with van der Waals surface area (Å²) in [6.45, 7) is 5.68. The first kappa shape index (κ1) is 29.1. The van der Waals surface area contributed by atoms with Gasteiger partial charge in [-0.05, 0) is 86.0 Å². The third kappa shape index (κ3) is 7.79. The molecule has 1 N–H and O–H groups in total. The van der Waals surface area contributed by atoms with Gasteiger partial charge in [0.1, 0.15) is 5.82 Å². The van der Waals surface area contributed by atoms with E-state index in [4.69, 9.17) is 11.6 Å². The van der Waals surface area contributed by atoms with Crippen LogP contribution in [0.3, 0.4) is 0 Å². The minimum Gasteiger partial charge on any atom is -0.350 e. The second-order valence-corrected chi connectivity index (χ2v) is 11.2. The Morgan fingerprint density at radius 2 is 1.55 bits per heavy atom. The molecule has 38 heavy (non-hydrogen) atoms. The van der Waals surface area contributed by atoms with Crippen LogP contribution in [0.25, 0.3) is 0 Å². The predicted molar refractivity (Wildman–Crippen MR) is 147 cm³/mol. The maximum absolute atomic E-state index is 13.6. The second-order valence-electron chi connectivity index (χ2n) is 8.94. The molecular formula is C28H31ClFN3O4S. The van der Waals surface area contributed by atoms with E-state index < -0.39 is 10.0 Å². The third-order valence-electron chi connectivity index (χ3n) is 5.90. The van der Waals surface area contributed by atoms with E-state index in [-0.39, 0.29) is 55.1 Å². The Morgan fingerprint density at radius 1 is 0.947 bits per heavy atom. The first-order chi connectivity index (χ1) is 18.0. The topological polar surface area (TPSA) is 86.8 Å². The fourth-order valence-corrected chi connectivity index (χ4v) is 5.56. The maximum Gasteiger partial charge on any atom is 0.264 e. The number of nitrogens with zero attached hydrogens (tertiary/aromatic N) is 2. The first-order valence-electron chi connectivity index (χ1n) is 12.1. The van der Waals surface area contributed by atoms with Gasteiger partial charge >= 0.3 is 0 Å². The van der Waals surface area contributed by atoms with Crippen LogP contribution < -0.4 is 9.62 Å². The van der Waals surface area contributed by atoms with Gasteiger partial charge in [-0.3, -0.25) is 13.9 Å². The SMILES string of the molecule is CCN(CC(=O)NCc1ccc(F)cc1)C(=O)CCN(c1cc(C)cc(C)c1)S(=O)(=O)c1ccc(Cl)cc1. The molecule has 0 aromatic heterocycles. The number of amides is 2. The van der Waals surface area contributed by atoms with Crippen molar-refractivity contribution in [2.45, 2.75) is 38.6 Å². The number of carbonyl (C=O) groups is 2. The molecule has 3 aromatic carbocycles. The molecule has 0 heterocycles. The monoisotopic (exact) mass is 559 g/mol. The van der Waals surface area contributed by atoms with E-state index >= 15 is 0 Å².